The van der Waals surface area contributed by atoms with Crippen molar-refractivity contribution in [3.63, 3.8) is 0 Å². The van der Waals surface area contributed by atoms with Gasteiger partial charge < -0.3 is 5.32 Å². The molecule has 2 aromatic heterocycles. The number of para-hydroxylation sites is 1. The summed E-state index contributed by atoms with van der Waals surface area (Å²) in [5, 5.41) is 7.78. The minimum atomic E-state index is -0.244. The SMILES string of the molecule is O=C(NCc1cn(-c2ccccc2)nc1-c1ccncc1)C1CC1c1ccccc1F. The zero-order valence-corrected chi connectivity index (χ0v) is 16.8. The Morgan fingerprint density at radius 1 is 1.03 bits per heavy atom. The van der Waals surface area contributed by atoms with Gasteiger partial charge in [0.2, 0.25) is 5.91 Å². The highest BCUT2D eigenvalue weighted by Crippen LogP contribution is 2.48. The minimum Gasteiger partial charge on any atom is -0.352 e. The maximum atomic E-state index is 14.0. The third-order valence-corrected chi connectivity index (χ3v) is 5.65. The molecule has 0 radical (unpaired) electrons. The molecular formula is C25H21FN4O. The van der Waals surface area contributed by atoms with Crippen molar-refractivity contribution >= 4 is 5.91 Å². The van der Waals surface area contributed by atoms with Crippen molar-refractivity contribution in [1.29, 1.82) is 0 Å². The lowest BCUT2D eigenvalue weighted by molar-refractivity contribution is -0.122. The first-order chi connectivity index (χ1) is 15.2. The van der Waals surface area contributed by atoms with E-state index in [4.69, 9.17) is 5.10 Å². The molecule has 0 aliphatic heterocycles. The van der Waals surface area contributed by atoms with Crippen LogP contribution in [0.5, 0.6) is 0 Å². The summed E-state index contributed by atoms with van der Waals surface area (Å²) in [7, 11) is 0. The van der Waals surface area contributed by atoms with Gasteiger partial charge in [0, 0.05) is 42.2 Å². The Labute approximate surface area is 179 Å². The van der Waals surface area contributed by atoms with Crippen LogP contribution in [0.2, 0.25) is 0 Å². The molecule has 1 amide bonds. The summed E-state index contributed by atoms with van der Waals surface area (Å²) in [4.78, 5) is 16.8. The third kappa shape index (κ3) is 3.97. The molecule has 1 aliphatic carbocycles. The fourth-order valence-electron chi connectivity index (χ4n) is 3.92. The first-order valence-corrected chi connectivity index (χ1v) is 10.3. The van der Waals surface area contributed by atoms with Crippen LogP contribution in [0.25, 0.3) is 16.9 Å². The molecule has 2 heterocycles. The van der Waals surface area contributed by atoms with E-state index < -0.39 is 0 Å². The lowest BCUT2D eigenvalue weighted by Crippen LogP contribution is -2.25. The standard InChI is InChI=1S/C25H21FN4O/c26-23-9-5-4-8-20(23)21-14-22(21)25(31)28-15-18-16-30(19-6-2-1-3-7-19)29-24(18)17-10-12-27-13-11-17/h1-13,16,21-22H,14-15H2,(H,28,31). The quantitative estimate of drug-likeness (QED) is 0.508. The van der Waals surface area contributed by atoms with E-state index >= 15 is 0 Å². The fraction of sp³-hybridized carbons (Fsp3) is 0.160. The molecule has 1 aliphatic rings. The maximum Gasteiger partial charge on any atom is 0.224 e. The zero-order chi connectivity index (χ0) is 21.2. The number of benzene rings is 2. The topological polar surface area (TPSA) is 59.8 Å². The van der Waals surface area contributed by atoms with Gasteiger partial charge in [0.15, 0.2) is 0 Å². The van der Waals surface area contributed by atoms with Gasteiger partial charge >= 0.3 is 0 Å². The minimum absolute atomic E-state index is 0.0482. The average Bonchev–Trinajstić information content (AvgIpc) is 3.50. The number of nitrogens with one attached hydrogen (secondary N) is 1. The van der Waals surface area contributed by atoms with Gasteiger partial charge in [-0.25, -0.2) is 9.07 Å². The lowest BCUT2D eigenvalue weighted by atomic mass is 10.1. The number of pyridine rings is 1. The second-order valence-electron chi connectivity index (χ2n) is 7.71. The predicted octanol–water partition coefficient (Wildman–Crippen LogP) is 4.49. The summed E-state index contributed by atoms with van der Waals surface area (Å²) < 4.78 is 15.8. The van der Waals surface area contributed by atoms with Crippen LogP contribution in [0.15, 0.2) is 85.3 Å². The molecular weight excluding hydrogens is 391 g/mol. The summed E-state index contributed by atoms with van der Waals surface area (Å²) >= 11 is 0. The third-order valence-electron chi connectivity index (χ3n) is 5.65. The van der Waals surface area contributed by atoms with E-state index in [1.807, 2.05) is 59.4 Å². The molecule has 2 aromatic carbocycles. The van der Waals surface area contributed by atoms with Gasteiger partial charge in [-0.3, -0.25) is 9.78 Å². The highest BCUT2D eigenvalue weighted by Gasteiger charge is 2.45. The van der Waals surface area contributed by atoms with E-state index in [-0.39, 0.29) is 23.6 Å². The van der Waals surface area contributed by atoms with E-state index in [2.05, 4.69) is 10.3 Å². The molecule has 1 fully saturated rings. The van der Waals surface area contributed by atoms with Gasteiger partial charge in [0.1, 0.15) is 5.82 Å². The first-order valence-electron chi connectivity index (χ1n) is 10.3. The highest BCUT2D eigenvalue weighted by molar-refractivity contribution is 5.83. The van der Waals surface area contributed by atoms with Crippen LogP contribution < -0.4 is 5.32 Å². The predicted molar refractivity (Wildman–Crippen MR) is 116 cm³/mol. The average molecular weight is 412 g/mol. The number of nitrogens with zero attached hydrogens (tertiary/aromatic N) is 3. The lowest BCUT2D eigenvalue weighted by Gasteiger charge is -2.06. The second kappa shape index (κ2) is 8.14. The number of hydrogen-bond donors (Lipinski definition) is 1. The summed E-state index contributed by atoms with van der Waals surface area (Å²) in [6.45, 7) is 0.351. The van der Waals surface area contributed by atoms with Gasteiger partial charge in [0.05, 0.1) is 11.4 Å². The van der Waals surface area contributed by atoms with Crippen molar-refractivity contribution < 1.29 is 9.18 Å². The van der Waals surface area contributed by atoms with E-state index in [1.165, 1.54) is 6.07 Å². The summed E-state index contributed by atoms with van der Waals surface area (Å²) in [5.41, 5.74) is 4.21. The van der Waals surface area contributed by atoms with Gasteiger partial charge in [-0.05, 0) is 48.2 Å². The normalized spacial score (nSPS) is 17.3. The molecule has 2 unspecified atom stereocenters. The number of amides is 1. The summed E-state index contributed by atoms with van der Waals surface area (Å²) in [6.07, 6.45) is 6.06. The Kier molecular flexibility index (Phi) is 5.04. The molecule has 6 heteroatoms. The fourth-order valence-corrected chi connectivity index (χ4v) is 3.92. The van der Waals surface area contributed by atoms with Crippen LogP contribution in [0.1, 0.15) is 23.5 Å². The smallest absolute Gasteiger partial charge is 0.224 e. The molecule has 0 saturated heterocycles. The highest BCUT2D eigenvalue weighted by atomic mass is 19.1. The Morgan fingerprint density at radius 3 is 2.55 bits per heavy atom. The van der Waals surface area contributed by atoms with Gasteiger partial charge in [-0.15, -0.1) is 0 Å². The Balaban J connectivity index is 1.35. The van der Waals surface area contributed by atoms with Gasteiger partial charge in [-0.2, -0.15) is 5.10 Å². The number of aromatic nitrogens is 3. The van der Waals surface area contributed by atoms with Gasteiger partial charge in [-0.1, -0.05) is 36.4 Å². The molecule has 4 aromatic rings. The van der Waals surface area contributed by atoms with Crippen LogP contribution in [0.3, 0.4) is 0 Å². The van der Waals surface area contributed by atoms with Crippen molar-refractivity contribution in [2.75, 3.05) is 0 Å². The number of carbonyl (C=O) groups is 1. The van der Waals surface area contributed by atoms with Gasteiger partial charge in [0.25, 0.3) is 0 Å². The van der Waals surface area contributed by atoms with Crippen LogP contribution in [-0.4, -0.2) is 20.7 Å². The van der Waals surface area contributed by atoms with E-state index in [0.717, 1.165) is 22.5 Å². The molecule has 31 heavy (non-hydrogen) atoms. The maximum absolute atomic E-state index is 14.0. The van der Waals surface area contributed by atoms with Crippen LogP contribution >= 0.6 is 0 Å². The molecule has 1 saturated carbocycles. The Bertz CT molecular complexity index is 1210. The Morgan fingerprint density at radius 2 is 1.77 bits per heavy atom. The van der Waals surface area contributed by atoms with E-state index in [0.29, 0.717) is 18.5 Å². The molecule has 5 rings (SSSR count). The number of halogens is 1. The van der Waals surface area contributed by atoms with Crippen molar-refractivity contribution in [3.8, 4) is 16.9 Å². The first kappa shape index (κ1) is 19.2. The van der Waals surface area contributed by atoms with Crippen LogP contribution in [0, 0.1) is 11.7 Å². The molecule has 0 bridgehead atoms. The molecule has 2 atom stereocenters. The number of hydrogen-bond acceptors (Lipinski definition) is 3. The number of rotatable bonds is 6. The van der Waals surface area contributed by atoms with E-state index in [1.54, 1.807) is 24.5 Å². The van der Waals surface area contributed by atoms with Crippen LogP contribution in [-0.2, 0) is 11.3 Å². The molecule has 154 valence electrons. The second-order valence-corrected chi connectivity index (χ2v) is 7.71. The Hall–Kier alpha value is -3.80. The molecule has 0 spiro atoms. The number of carbonyl (C=O) groups excluding carboxylic acids is 1. The largest absolute Gasteiger partial charge is 0.352 e. The summed E-state index contributed by atoms with van der Waals surface area (Å²) in [6, 6.07) is 20.3. The monoisotopic (exact) mass is 412 g/mol. The van der Waals surface area contributed by atoms with Crippen molar-refractivity contribution in [1.82, 2.24) is 20.1 Å². The van der Waals surface area contributed by atoms with Crippen molar-refractivity contribution in [3.05, 3.63) is 102 Å². The molecule has 5 nitrogen and oxygen atoms in total. The summed E-state index contributed by atoms with van der Waals surface area (Å²) in [5.74, 6) is -0.536. The van der Waals surface area contributed by atoms with Crippen molar-refractivity contribution in [2.45, 2.75) is 18.9 Å². The van der Waals surface area contributed by atoms with E-state index in [9.17, 15) is 9.18 Å². The van der Waals surface area contributed by atoms with Crippen LogP contribution in [0.4, 0.5) is 4.39 Å². The van der Waals surface area contributed by atoms with Crippen molar-refractivity contribution in [2.24, 2.45) is 5.92 Å². The molecule has 1 N–H and O–H groups in total. The zero-order valence-electron chi connectivity index (χ0n) is 16.8.